The second-order valence-electron chi connectivity index (χ2n) is 6.64. The molecule has 0 radical (unpaired) electrons. The number of benzene rings is 2. The Kier molecular flexibility index (Phi) is 7.45. The number of ether oxygens (including phenoxy) is 1. The molecular formula is C22H25NO3S2. The Morgan fingerprint density at radius 1 is 1.07 bits per heavy atom. The normalized spacial score (nSPS) is 15.6. The zero-order valence-corrected chi connectivity index (χ0v) is 17.8. The number of thioether (sulfide) groups is 2. The van der Waals surface area contributed by atoms with Gasteiger partial charge >= 0.3 is 5.97 Å². The third-order valence-corrected chi connectivity index (χ3v) is 7.54. The minimum absolute atomic E-state index is 0.343. The van der Waals surface area contributed by atoms with Crippen molar-refractivity contribution in [2.45, 2.75) is 37.4 Å². The molecule has 28 heavy (non-hydrogen) atoms. The van der Waals surface area contributed by atoms with Crippen molar-refractivity contribution >= 4 is 41.1 Å². The van der Waals surface area contributed by atoms with E-state index >= 15 is 0 Å². The lowest BCUT2D eigenvalue weighted by Gasteiger charge is -2.21. The summed E-state index contributed by atoms with van der Waals surface area (Å²) in [7, 11) is 0. The summed E-state index contributed by atoms with van der Waals surface area (Å²) < 4.78 is 5.77. The average molecular weight is 416 g/mol. The van der Waals surface area contributed by atoms with Crippen LogP contribution in [0.15, 0.2) is 48.5 Å². The van der Waals surface area contributed by atoms with Gasteiger partial charge in [-0.05, 0) is 66.7 Å². The number of nitrogens with one attached hydrogen (secondary N) is 1. The molecule has 4 nitrogen and oxygen atoms in total. The maximum atomic E-state index is 12.4. The van der Waals surface area contributed by atoms with E-state index in [4.69, 9.17) is 4.74 Å². The maximum Gasteiger partial charge on any atom is 0.338 e. The molecule has 6 heteroatoms. The molecule has 0 bridgehead atoms. The van der Waals surface area contributed by atoms with E-state index in [2.05, 4.69) is 12.2 Å². The highest BCUT2D eigenvalue weighted by Gasteiger charge is 2.20. The topological polar surface area (TPSA) is 55.4 Å². The lowest BCUT2D eigenvalue weighted by atomic mass is 10.1. The summed E-state index contributed by atoms with van der Waals surface area (Å²) in [5, 5.41) is 2.78. The first-order valence-corrected chi connectivity index (χ1v) is 11.6. The van der Waals surface area contributed by atoms with Gasteiger partial charge in [0.15, 0.2) is 6.10 Å². The Balaban J connectivity index is 1.54. The molecule has 0 spiro atoms. The second-order valence-corrected chi connectivity index (χ2v) is 9.36. The van der Waals surface area contributed by atoms with E-state index in [0.29, 0.717) is 15.8 Å². The number of aryl methyl sites for hydroxylation is 1. The van der Waals surface area contributed by atoms with E-state index in [0.717, 1.165) is 6.42 Å². The van der Waals surface area contributed by atoms with Gasteiger partial charge in [-0.1, -0.05) is 31.2 Å². The summed E-state index contributed by atoms with van der Waals surface area (Å²) in [5.74, 6) is 1.52. The van der Waals surface area contributed by atoms with Gasteiger partial charge < -0.3 is 10.1 Å². The van der Waals surface area contributed by atoms with Crippen LogP contribution in [-0.2, 0) is 16.0 Å². The molecule has 1 fully saturated rings. The predicted octanol–water partition coefficient (Wildman–Crippen LogP) is 5.30. The molecule has 1 saturated heterocycles. The standard InChI is InChI=1S/C22H25NO3S2/c1-3-16-5-11-19(12-6-16)23-20(24)15(2)26-21(25)17-7-9-18(10-8-17)22-27-13-4-14-28-22/h5-12,15,22H,3-4,13-14H2,1-2H3,(H,23,24)/t15-/m0/s1. The quantitative estimate of drug-likeness (QED) is 0.649. The number of esters is 1. The third-order valence-electron chi connectivity index (χ3n) is 4.53. The van der Waals surface area contributed by atoms with Gasteiger partial charge in [0, 0.05) is 5.69 Å². The largest absolute Gasteiger partial charge is 0.449 e. The Labute approximate surface area is 174 Å². The van der Waals surface area contributed by atoms with Crippen molar-refractivity contribution in [3.8, 4) is 0 Å². The van der Waals surface area contributed by atoms with E-state index in [1.807, 2.05) is 59.9 Å². The van der Waals surface area contributed by atoms with Crippen LogP contribution in [0.4, 0.5) is 5.69 Å². The molecule has 1 atom stereocenters. The monoisotopic (exact) mass is 415 g/mol. The molecule has 0 aliphatic carbocycles. The van der Waals surface area contributed by atoms with Gasteiger partial charge in [0.25, 0.3) is 5.91 Å². The molecule has 1 N–H and O–H groups in total. The molecule has 0 aromatic heterocycles. The van der Waals surface area contributed by atoms with Gasteiger partial charge in [-0.2, -0.15) is 0 Å². The van der Waals surface area contributed by atoms with Crippen LogP contribution in [0.2, 0.25) is 0 Å². The summed E-state index contributed by atoms with van der Waals surface area (Å²) in [4.78, 5) is 24.7. The Bertz CT molecular complexity index is 800. The molecule has 1 aliphatic heterocycles. The Hall–Kier alpha value is -1.92. The van der Waals surface area contributed by atoms with E-state index in [1.54, 1.807) is 19.1 Å². The van der Waals surface area contributed by atoms with Crippen LogP contribution in [-0.4, -0.2) is 29.5 Å². The third kappa shape index (κ3) is 5.55. The second kappa shape index (κ2) is 10.0. The summed E-state index contributed by atoms with van der Waals surface area (Å²) in [6.07, 6.45) is 1.32. The maximum absolute atomic E-state index is 12.4. The van der Waals surface area contributed by atoms with Crippen LogP contribution < -0.4 is 5.32 Å². The van der Waals surface area contributed by atoms with E-state index in [9.17, 15) is 9.59 Å². The molecule has 1 aliphatic rings. The molecule has 1 heterocycles. The highest BCUT2D eigenvalue weighted by Crippen LogP contribution is 2.43. The minimum Gasteiger partial charge on any atom is -0.449 e. The number of hydrogen-bond donors (Lipinski definition) is 1. The van der Waals surface area contributed by atoms with Crippen molar-refractivity contribution in [2.75, 3.05) is 16.8 Å². The summed E-state index contributed by atoms with van der Waals surface area (Å²) >= 11 is 3.88. The number of anilines is 1. The van der Waals surface area contributed by atoms with Crippen LogP contribution in [0.25, 0.3) is 0 Å². The number of hydrogen-bond acceptors (Lipinski definition) is 5. The zero-order valence-electron chi connectivity index (χ0n) is 16.1. The van der Waals surface area contributed by atoms with Crippen molar-refractivity contribution in [3.05, 3.63) is 65.2 Å². The van der Waals surface area contributed by atoms with Crippen LogP contribution in [0.3, 0.4) is 0 Å². The first-order valence-electron chi connectivity index (χ1n) is 9.50. The molecule has 1 amide bonds. The summed E-state index contributed by atoms with van der Waals surface area (Å²) in [6.45, 7) is 3.66. The van der Waals surface area contributed by atoms with Gasteiger partial charge in [-0.15, -0.1) is 23.5 Å². The van der Waals surface area contributed by atoms with Gasteiger partial charge in [0.2, 0.25) is 0 Å². The SMILES string of the molecule is CCc1ccc(NC(=O)[C@H](C)OC(=O)c2ccc(C3SCCCS3)cc2)cc1. The molecule has 0 saturated carbocycles. The minimum atomic E-state index is -0.873. The predicted molar refractivity (Wildman–Crippen MR) is 118 cm³/mol. The molecule has 3 rings (SSSR count). The molecule has 0 unspecified atom stereocenters. The summed E-state index contributed by atoms with van der Waals surface area (Å²) in [6, 6.07) is 15.2. The van der Waals surface area contributed by atoms with E-state index in [-0.39, 0.29) is 5.91 Å². The van der Waals surface area contributed by atoms with Crippen molar-refractivity contribution in [2.24, 2.45) is 0 Å². The smallest absolute Gasteiger partial charge is 0.338 e. The van der Waals surface area contributed by atoms with Crippen LogP contribution in [0.5, 0.6) is 0 Å². The molecule has 2 aromatic carbocycles. The number of rotatable bonds is 6. The first-order chi connectivity index (χ1) is 13.6. The van der Waals surface area contributed by atoms with Crippen LogP contribution in [0, 0.1) is 0 Å². The highest BCUT2D eigenvalue weighted by molar-refractivity contribution is 8.16. The van der Waals surface area contributed by atoms with Crippen molar-refractivity contribution in [1.29, 1.82) is 0 Å². The van der Waals surface area contributed by atoms with Crippen molar-refractivity contribution in [1.82, 2.24) is 0 Å². The molecular weight excluding hydrogens is 390 g/mol. The van der Waals surface area contributed by atoms with E-state index in [1.165, 1.54) is 29.1 Å². The van der Waals surface area contributed by atoms with Crippen LogP contribution in [0.1, 0.15) is 46.3 Å². The zero-order chi connectivity index (χ0) is 19.9. The van der Waals surface area contributed by atoms with E-state index < -0.39 is 12.1 Å². The fourth-order valence-electron chi connectivity index (χ4n) is 2.81. The van der Waals surface area contributed by atoms with Crippen molar-refractivity contribution in [3.63, 3.8) is 0 Å². The summed E-state index contributed by atoms with van der Waals surface area (Å²) in [5.41, 5.74) is 3.57. The molecule has 148 valence electrons. The highest BCUT2D eigenvalue weighted by atomic mass is 32.2. The van der Waals surface area contributed by atoms with Gasteiger partial charge in [0.05, 0.1) is 10.1 Å². The average Bonchev–Trinajstić information content (AvgIpc) is 2.75. The molecule has 2 aromatic rings. The van der Waals surface area contributed by atoms with Gasteiger partial charge in [0.1, 0.15) is 0 Å². The fraction of sp³-hybridized carbons (Fsp3) is 0.364. The van der Waals surface area contributed by atoms with Crippen molar-refractivity contribution < 1.29 is 14.3 Å². The fourth-order valence-corrected chi connectivity index (χ4v) is 5.70. The lowest BCUT2D eigenvalue weighted by Crippen LogP contribution is -2.30. The van der Waals surface area contributed by atoms with Gasteiger partial charge in [-0.3, -0.25) is 4.79 Å². The number of amides is 1. The number of carbonyl (C=O) groups is 2. The lowest BCUT2D eigenvalue weighted by molar-refractivity contribution is -0.123. The number of carbonyl (C=O) groups excluding carboxylic acids is 2. The Morgan fingerprint density at radius 3 is 2.32 bits per heavy atom. The van der Waals surface area contributed by atoms with Gasteiger partial charge in [-0.25, -0.2) is 4.79 Å². The van der Waals surface area contributed by atoms with Crippen LogP contribution >= 0.6 is 23.5 Å². The first kappa shape index (κ1) is 20.8. The Morgan fingerprint density at radius 2 is 1.71 bits per heavy atom.